The van der Waals surface area contributed by atoms with E-state index in [0.717, 1.165) is 0 Å². The van der Waals surface area contributed by atoms with Crippen molar-refractivity contribution in [3.8, 4) is 11.5 Å². The molecule has 0 amide bonds. The minimum absolute atomic E-state index is 0.322. The van der Waals surface area contributed by atoms with E-state index in [1.807, 2.05) is 12.1 Å². The van der Waals surface area contributed by atoms with Crippen LogP contribution in [0.15, 0.2) is 60.7 Å². The van der Waals surface area contributed by atoms with Gasteiger partial charge in [-0.15, -0.1) is 0 Å². The van der Waals surface area contributed by atoms with Gasteiger partial charge in [-0.05, 0) is 24.3 Å². The highest BCUT2D eigenvalue weighted by molar-refractivity contribution is 5.19. The maximum Gasteiger partial charge on any atom is 0.115 e. The molecular weight excluding hydrogens is 248 g/mol. The molecule has 2 nitrogen and oxygen atoms in total. The first-order valence-corrected chi connectivity index (χ1v) is 7.18. The molecule has 0 aliphatic carbocycles. The Hall–Kier alpha value is -1.96. The van der Waals surface area contributed by atoms with Crippen molar-refractivity contribution in [3.05, 3.63) is 60.7 Å². The van der Waals surface area contributed by atoms with E-state index in [9.17, 15) is 0 Å². The molecule has 2 aromatic rings. The number of hydrogen-bond acceptors (Lipinski definition) is 2. The number of phenolic OH excluding ortho intramolecular Hbond substituents is 2. The van der Waals surface area contributed by atoms with Crippen molar-refractivity contribution in [1.82, 2.24) is 0 Å². The van der Waals surface area contributed by atoms with Crippen LogP contribution in [0.3, 0.4) is 0 Å². The van der Waals surface area contributed by atoms with Gasteiger partial charge in [0.25, 0.3) is 0 Å². The summed E-state index contributed by atoms with van der Waals surface area (Å²) < 4.78 is 0. The zero-order valence-electron chi connectivity index (χ0n) is 12.5. The van der Waals surface area contributed by atoms with Gasteiger partial charge in [-0.1, -0.05) is 75.9 Å². The Morgan fingerprint density at radius 2 is 0.900 bits per heavy atom. The molecule has 110 valence electrons. The highest BCUT2D eigenvalue weighted by Gasteiger charge is 1.76. The molecule has 2 N–H and O–H groups in total. The van der Waals surface area contributed by atoms with Crippen LogP contribution in [0.2, 0.25) is 0 Å². The van der Waals surface area contributed by atoms with Crippen molar-refractivity contribution >= 4 is 0 Å². The summed E-state index contributed by atoms with van der Waals surface area (Å²) in [7, 11) is 0. The van der Waals surface area contributed by atoms with E-state index >= 15 is 0 Å². The molecule has 2 rings (SSSR count). The lowest BCUT2D eigenvalue weighted by atomic mass is 10.2. The summed E-state index contributed by atoms with van der Waals surface area (Å²) in [6.45, 7) is 4.46. The SMILES string of the molecule is CCCCCC.Oc1ccccc1.Oc1ccccc1. The van der Waals surface area contributed by atoms with Gasteiger partial charge in [0.05, 0.1) is 0 Å². The summed E-state index contributed by atoms with van der Waals surface area (Å²) in [4.78, 5) is 0. The molecule has 2 aromatic carbocycles. The highest BCUT2D eigenvalue weighted by atomic mass is 16.3. The minimum atomic E-state index is 0.322. The summed E-state index contributed by atoms with van der Waals surface area (Å²) in [5.41, 5.74) is 0. The fraction of sp³-hybridized carbons (Fsp3) is 0.333. The van der Waals surface area contributed by atoms with Gasteiger partial charge in [0, 0.05) is 0 Å². The average molecular weight is 274 g/mol. The van der Waals surface area contributed by atoms with Crippen molar-refractivity contribution in [2.75, 3.05) is 0 Å². The second-order valence-electron chi connectivity index (χ2n) is 4.38. The lowest BCUT2D eigenvalue weighted by Crippen LogP contribution is -1.66. The normalized spacial score (nSPS) is 8.70. The fourth-order valence-electron chi connectivity index (χ4n) is 1.36. The van der Waals surface area contributed by atoms with Gasteiger partial charge in [0.2, 0.25) is 0 Å². The molecule has 0 spiro atoms. The van der Waals surface area contributed by atoms with Crippen LogP contribution in [0.1, 0.15) is 39.5 Å². The van der Waals surface area contributed by atoms with Gasteiger partial charge in [0.15, 0.2) is 0 Å². The first-order valence-electron chi connectivity index (χ1n) is 7.18. The summed E-state index contributed by atoms with van der Waals surface area (Å²) >= 11 is 0. The van der Waals surface area contributed by atoms with Gasteiger partial charge in [-0.2, -0.15) is 0 Å². The molecule has 0 atom stereocenters. The predicted octanol–water partition coefficient (Wildman–Crippen LogP) is 5.37. The van der Waals surface area contributed by atoms with Crippen LogP contribution in [0.4, 0.5) is 0 Å². The van der Waals surface area contributed by atoms with Gasteiger partial charge in [0.1, 0.15) is 11.5 Å². The Balaban J connectivity index is 0.000000272. The predicted molar refractivity (Wildman–Crippen MR) is 86.0 cm³/mol. The molecule has 0 unspecified atom stereocenters. The van der Waals surface area contributed by atoms with Gasteiger partial charge >= 0.3 is 0 Å². The zero-order valence-corrected chi connectivity index (χ0v) is 12.5. The second-order valence-corrected chi connectivity index (χ2v) is 4.38. The van der Waals surface area contributed by atoms with Crippen LogP contribution in [0.5, 0.6) is 11.5 Å². The minimum Gasteiger partial charge on any atom is -0.508 e. The maximum atomic E-state index is 8.63. The standard InChI is InChI=1S/2C6H6O.C6H14/c2*7-6-4-2-1-3-5-6;1-3-5-6-4-2/h2*1-5,7H;3-6H2,1-2H3. The van der Waals surface area contributed by atoms with E-state index < -0.39 is 0 Å². The van der Waals surface area contributed by atoms with Crippen molar-refractivity contribution in [2.24, 2.45) is 0 Å². The molecule has 0 saturated carbocycles. The van der Waals surface area contributed by atoms with Crippen LogP contribution >= 0.6 is 0 Å². The molecule has 2 heteroatoms. The molecule has 0 heterocycles. The number of hydrogen-bond donors (Lipinski definition) is 2. The van der Waals surface area contributed by atoms with Crippen molar-refractivity contribution in [1.29, 1.82) is 0 Å². The Bertz CT molecular complexity index is 357. The topological polar surface area (TPSA) is 40.5 Å². The van der Waals surface area contributed by atoms with E-state index in [-0.39, 0.29) is 0 Å². The Morgan fingerprint density at radius 3 is 1.05 bits per heavy atom. The summed E-state index contributed by atoms with van der Waals surface area (Å²) in [6.07, 6.45) is 5.54. The molecule has 0 aliphatic rings. The lowest BCUT2D eigenvalue weighted by Gasteiger charge is -1.86. The van der Waals surface area contributed by atoms with Gasteiger partial charge in [-0.3, -0.25) is 0 Å². The third kappa shape index (κ3) is 12.5. The van der Waals surface area contributed by atoms with Gasteiger partial charge < -0.3 is 10.2 Å². The second kappa shape index (κ2) is 13.5. The number of phenols is 2. The monoisotopic (exact) mass is 274 g/mol. The number of benzene rings is 2. The largest absolute Gasteiger partial charge is 0.508 e. The summed E-state index contributed by atoms with van der Waals surface area (Å²) in [6, 6.07) is 17.4. The Morgan fingerprint density at radius 1 is 0.600 bits per heavy atom. The van der Waals surface area contributed by atoms with Gasteiger partial charge in [-0.25, -0.2) is 0 Å². The van der Waals surface area contributed by atoms with Crippen molar-refractivity contribution < 1.29 is 10.2 Å². The zero-order chi connectivity index (χ0) is 15.1. The van der Waals surface area contributed by atoms with Crippen LogP contribution in [0, 0.1) is 0 Å². The molecule has 0 radical (unpaired) electrons. The first kappa shape index (κ1) is 18.0. The van der Waals surface area contributed by atoms with Crippen LogP contribution < -0.4 is 0 Å². The molecule has 0 saturated heterocycles. The van der Waals surface area contributed by atoms with E-state index in [2.05, 4.69) is 13.8 Å². The van der Waals surface area contributed by atoms with E-state index in [1.165, 1.54) is 25.7 Å². The van der Waals surface area contributed by atoms with E-state index in [4.69, 9.17) is 10.2 Å². The third-order valence-electron chi connectivity index (χ3n) is 2.47. The highest BCUT2D eigenvalue weighted by Crippen LogP contribution is 2.03. The summed E-state index contributed by atoms with van der Waals surface area (Å²) in [5, 5.41) is 17.3. The summed E-state index contributed by atoms with van der Waals surface area (Å²) in [5.74, 6) is 0.644. The Kier molecular flexibility index (Phi) is 12.2. The molecule has 0 fully saturated rings. The number of para-hydroxylation sites is 2. The molecule has 0 aliphatic heterocycles. The van der Waals surface area contributed by atoms with Crippen LogP contribution in [0.25, 0.3) is 0 Å². The fourth-order valence-corrected chi connectivity index (χ4v) is 1.36. The average Bonchev–Trinajstić information content (AvgIpc) is 2.48. The third-order valence-corrected chi connectivity index (χ3v) is 2.47. The maximum absolute atomic E-state index is 8.63. The number of unbranched alkanes of at least 4 members (excludes halogenated alkanes) is 3. The van der Waals surface area contributed by atoms with E-state index in [1.54, 1.807) is 48.5 Å². The quantitative estimate of drug-likeness (QED) is 0.738. The smallest absolute Gasteiger partial charge is 0.115 e. The lowest BCUT2D eigenvalue weighted by molar-refractivity contribution is 0.475. The molecule has 0 aromatic heterocycles. The van der Waals surface area contributed by atoms with Crippen LogP contribution in [-0.2, 0) is 0 Å². The Labute approximate surface area is 122 Å². The van der Waals surface area contributed by atoms with Crippen molar-refractivity contribution in [3.63, 3.8) is 0 Å². The first-order chi connectivity index (χ1) is 9.70. The van der Waals surface area contributed by atoms with E-state index in [0.29, 0.717) is 11.5 Å². The van der Waals surface area contributed by atoms with Crippen molar-refractivity contribution in [2.45, 2.75) is 39.5 Å². The number of rotatable bonds is 3. The molecular formula is C18H26O2. The number of aromatic hydroxyl groups is 2. The molecule has 20 heavy (non-hydrogen) atoms. The molecule has 0 bridgehead atoms. The van der Waals surface area contributed by atoms with Crippen LogP contribution in [-0.4, -0.2) is 10.2 Å².